The summed E-state index contributed by atoms with van der Waals surface area (Å²) in [4.78, 5) is 12.4. The van der Waals surface area contributed by atoms with E-state index >= 15 is 0 Å². The first-order chi connectivity index (χ1) is 13.0. The third kappa shape index (κ3) is 6.71. The van der Waals surface area contributed by atoms with Crippen LogP contribution in [0.5, 0.6) is 0 Å². The number of halogens is 4. The maximum absolute atomic E-state index is 13.5. The van der Waals surface area contributed by atoms with Crippen molar-refractivity contribution in [3.63, 3.8) is 0 Å². The molecule has 0 atom stereocenters. The molecule has 0 radical (unpaired) electrons. The largest absolute Gasteiger partial charge is 0.416 e. The Morgan fingerprint density at radius 3 is 2.39 bits per heavy atom. The number of amides is 1. The second-order valence-corrected chi connectivity index (χ2v) is 8.59. The van der Waals surface area contributed by atoms with Crippen molar-refractivity contribution in [2.24, 2.45) is 0 Å². The van der Waals surface area contributed by atoms with E-state index in [4.69, 9.17) is 0 Å². The molecule has 11 heteroatoms. The molecule has 2 aromatic carbocycles. The molecule has 0 unspecified atom stereocenters. The van der Waals surface area contributed by atoms with Crippen molar-refractivity contribution in [1.82, 2.24) is 0 Å². The van der Waals surface area contributed by atoms with Crippen molar-refractivity contribution in [2.45, 2.75) is 17.5 Å². The molecular weight excluding hydrogens is 420 g/mol. The summed E-state index contributed by atoms with van der Waals surface area (Å²) in [5.74, 6) is -0.897. The van der Waals surface area contributed by atoms with E-state index in [9.17, 15) is 30.8 Å². The van der Waals surface area contributed by atoms with Gasteiger partial charge in [0.2, 0.25) is 15.9 Å². The molecule has 0 fully saturated rings. The number of nitrogens with one attached hydrogen (secondary N) is 2. The molecule has 0 bridgehead atoms. The Kier molecular flexibility index (Phi) is 6.94. The van der Waals surface area contributed by atoms with Crippen molar-refractivity contribution in [3.05, 3.63) is 53.8 Å². The van der Waals surface area contributed by atoms with Crippen LogP contribution in [-0.2, 0) is 21.0 Å². The normalized spacial score (nSPS) is 11.9. The fraction of sp³-hybridized carbons (Fsp3) is 0.235. The number of hydrogen-bond donors (Lipinski definition) is 2. The van der Waals surface area contributed by atoms with Gasteiger partial charge >= 0.3 is 6.18 Å². The van der Waals surface area contributed by atoms with Crippen LogP contribution in [0.2, 0.25) is 0 Å². The van der Waals surface area contributed by atoms with E-state index in [0.29, 0.717) is 17.0 Å². The molecule has 152 valence electrons. The molecule has 0 saturated carbocycles. The zero-order valence-corrected chi connectivity index (χ0v) is 16.1. The van der Waals surface area contributed by atoms with Crippen LogP contribution in [0.3, 0.4) is 0 Å². The minimum atomic E-state index is -4.66. The summed E-state index contributed by atoms with van der Waals surface area (Å²) >= 11 is 1.08. The zero-order valence-electron chi connectivity index (χ0n) is 14.5. The smallest absolute Gasteiger partial charge is 0.324 e. The lowest BCUT2D eigenvalue weighted by atomic mass is 10.1. The highest BCUT2D eigenvalue weighted by molar-refractivity contribution is 7.99. The number of carbonyl (C=O) groups is 1. The first-order valence-corrected chi connectivity index (χ1v) is 10.7. The second-order valence-electron chi connectivity index (χ2n) is 5.71. The van der Waals surface area contributed by atoms with E-state index in [1.54, 1.807) is 12.1 Å². The minimum absolute atomic E-state index is 0.117. The Morgan fingerprint density at radius 1 is 1.11 bits per heavy atom. The lowest BCUT2D eigenvalue weighted by Crippen LogP contribution is -2.17. The Morgan fingerprint density at radius 2 is 1.79 bits per heavy atom. The van der Waals surface area contributed by atoms with Gasteiger partial charge in [0.25, 0.3) is 0 Å². The molecule has 2 aromatic rings. The third-order valence-electron chi connectivity index (χ3n) is 3.34. The highest BCUT2D eigenvalue weighted by Gasteiger charge is 2.31. The van der Waals surface area contributed by atoms with Gasteiger partial charge in [-0.15, -0.1) is 11.8 Å². The summed E-state index contributed by atoms with van der Waals surface area (Å²) in [5, 5.41) is 2.27. The maximum Gasteiger partial charge on any atom is 0.416 e. The van der Waals surface area contributed by atoms with Crippen molar-refractivity contribution in [2.75, 3.05) is 22.0 Å². The summed E-state index contributed by atoms with van der Waals surface area (Å²) in [7, 11) is -3.77. The Bertz CT molecular complexity index is 963. The van der Waals surface area contributed by atoms with Crippen LogP contribution < -0.4 is 10.0 Å². The molecule has 2 rings (SSSR count). The van der Waals surface area contributed by atoms with Gasteiger partial charge in [-0.25, -0.2) is 12.8 Å². The summed E-state index contributed by atoms with van der Waals surface area (Å²) < 4.78 is 77.1. The lowest BCUT2D eigenvalue weighted by Gasteiger charge is -2.15. The number of hydrogen-bond acceptors (Lipinski definition) is 4. The van der Waals surface area contributed by atoms with Gasteiger partial charge < -0.3 is 5.32 Å². The van der Waals surface area contributed by atoms with E-state index in [0.717, 1.165) is 24.1 Å². The Labute approximate surface area is 163 Å². The van der Waals surface area contributed by atoms with E-state index in [1.165, 1.54) is 12.1 Å². The quantitative estimate of drug-likeness (QED) is 0.500. The van der Waals surface area contributed by atoms with Crippen LogP contribution >= 0.6 is 11.8 Å². The molecule has 28 heavy (non-hydrogen) atoms. The van der Waals surface area contributed by atoms with Gasteiger partial charge in [0.1, 0.15) is 5.82 Å². The molecule has 1 amide bonds. The van der Waals surface area contributed by atoms with Crippen LogP contribution in [0.4, 0.5) is 28.9 Å². The van der Waals surface area contributed by atoms with Crippen molar-refractivity contribution in [3.8, 4) is 0 Å². The standard InChI is InChI=1S/C17H16F4N2O3S2/c1-28(25,26)23-13-7-6-11(17(19,20)21)10-14(13)22-16(24)8-9-27-15-5-3-2-4-12(15)18/h2-7,10,23H,8-9H2,1H3,(H,22,24). The van der Waals surface area contributed by atoms with Gasteiger partial charge in [0.15, 0.2) is 0 Å². The second kappa shape index (κ2) is 8.82. The van der Waals surface area contributed by atoms with E-state index in [1.807, 2.05) is 0 Å². The molecule has 0 saturated heterocycles. The zero-order chi connectivity index (χ0) is 20.9. The van der Waals surface area contributed by atoms with Gasteiger partial charge in [-0.3, -0.25) is 9.52 Å². The van der Waals surface area contributed by atoms with E-state index in [-0.39, 0.29) is 23.5 Å². The Hall–Kier alpha value is -2.27. The van der Waals surface area contributed by atoms with E-state index < -0.39 is 33.5 Å². The molecular formula is C17H16F4N2O3S2. The topological polar surface area (TPSA) is 75.3 Å². The van der Waals surface area contributed by atoms with Gasteiger partial charge in [-0.05, 0) is 30.3 Å². The van der Waals surface area contributed by atoms with Gasteiger partial charge in [0, 0.05) is 17.1 Å². The number of benzene rings is 2. The number of sulfonamides is 1. The fourth-order valence-electron chi connectivity index (χ4n) is 2.14. The van der Waals surface area contributed by atoms with Crippen LogP contribution in [0.15, 0.2) is 47.4 Å². The minimum Gasteiger partial charge on any atom is -0.324 e. The molecule has 0 aliphatic carbocycles. The van der Waals surface area contributed by atoms with Gasteiger partial charge in [0.05, 0.1) is 23.2 Å². The maximum atomic E-state index is 13.5. The van der Waals surface area contributed by atoms with Gasteiger partial charge in [-0.2, -0.15) is 13.2 Å². The molecule has 2 N–H and O–H groups in total. The van der Waals surface area contributed by atoms with Crippen LogP contribution in [0.1, 0.15) is 12.0 Å². The van der Waals surface area contributed by atoms with Crippen molar-refractivity contribution in [1.29, 1.82) is 0 Å². The van der Waals surface area contributed by atoms with Crippen molar-refractivity contribution >= 4 is 39.1 Å². The monoisotopic (exact) mass is 436 g/mol. The molecule has 0 aliphatic heterocycles. The molecule has 0 aliphatic rings. The highest BCUT2D eigenvalue weighted by Crippen LogP contribution is 2.34. The predicted molar refractivity (Wildman–Crippen MR) is 100 cm³/mol. The SMILES string of the molecule is CS(=O)(=O)Nc1ccc(C(F)(F)F)cc1NC(=O)CCSc1ccccc1F. The summed E-state index contributed by atoms with van der Waals surface area (Å²) in [6, 6.07) is 8.25. The average Bonchev–Trinajstić information content (AvgIpc) is 2.56. The number of anilines is 2. The van der Waals surface area contributed by atoms with Crippen LogP contribution in [-0.4, -0.2) is 26.3 Å². The number of thioether (sulfide) groups is 1. The van der Waals surface area contributed by atoms with Crippen LogP contribution in [0, 0.1) is 5.82 Å². The number of carbonyl (C=O) groups excluding carboxylic acids is 1. The summed E-state index contributed by atoms with van der Waals surface area (Å²) in [6.45, 7) is 0. The molecule has 0 heterocycles. The first-order valence-electron chi connectivity index (χ1n) is 7.82. The molecule has 0 aromatic heterocycles. The summed E-state index contributed by atoms with van der Waals surface area (Å²) in [6.07, 6.45) is -3.95. The van der Waals surface area contributed by atoms with E-state index in [2.05, 4.69) is 10.0 Å². The fourth-order valence-corrected chi connectivity index (χ4v) is 3.61. The highest BCUT2D eigenvalue weighted by atomic mass is 32.2. The molecule has 5 nitrogen and oxygen atoms in total. The average molecular weight is 436 g/mol. The lowest BCUT2D eigenvalue weighted by molar-refractivity contribution is -0.137. The Balaban J connectivity index is 2.11. The predicted octanol–water partition coefficient (Wildman–Crippen LogP) is 4.34. The summed E-state index contributed by atoms with van der Waals surface area (Å²) in [5.41, 5.74) is -1.55. The number of alkyl halides is 3. The number of rotatable bonds is 7. The van der Waals surface area contributed by atoms with Gasteiger partial charge in [-0.1, -0.05) is 12.1 Å². The molecule has 0 spiro atoms. The van der Waals surface area contributed by atoms with Crippen LogP contribution in [0.25, 0.3) is 0 Å². The third-order valence-corrected chi connectivity index (χ3v) is 4.98. The van der Waals surface area contributed by atoms with Crippen molar-refractivity contribution < 1.29 is 30.8 Å². The first kappa shape index (κ1) is 22.0.